The van der Waals surface area contributed by atoms with Crippen molar-refractivity contribution in [3.05, 3.63) is 33.5 Å². The van der Waals surface area contributed by atoms with Gasteiger partial charge in [-0.1, -0.05) is 30.4 Å². The minimum absolute atomic E-state index is 0.286. The van der Waals surface area contributed by atoms with E-state index in [1.54, 1.807) is 6.07 Å². The average Bonchev–Trinajstić information content (AvgIpc) is 2.78. The van der Waals surface area contributed by atoms with E-state index < -0.39 is 0 Å². The van der Waals surface area contributed by atoms with Crippen molar-refractivity contribution in [2.45, 2.75) is 13.5 Å². The van der Waals surface area contributed by atoms with Crippen molar-refractivity contribution < 1.29 is 4.39 Å². The fraction of sp³-hybridized carbons (Fsp3) is 0.273. The van der Waals surface area contributed by atoms with Gasteiger partial charge in [-0.15, -0.1) is 10.2 Å². The molecule has 0 saturated carbocycles. The van der Waals surface area contributed by atoms with Gasteiger partial charge in [-0.3, -0.25) is 0 Å². The molecule has 3 nitrogen and oxygen atoms in total. The highest BCUT2D eigenvalue weighted by Gasteiger charge is 2.12. The van der Waals surface area contributed by atoms with Crippen LogP contribution < -0.4 is 5.32 Å². The first-order valence-corrected chi connectivity index (χ1v) is 6.80. The van der Waals surface area contributed by atoms with E-state index in [0.29, 0.717) is 11.0 Å². The summed E-state index contributed by atoms with van der Waals surface area (Å²) in [4.78, 5) is 0. The maximum Gasteiger partial charge on any atom is 0.149 e. The van der Waals surface area contributed by atoms with Crippen molar-refractivity contribution in [3.63, 3.8) is 0 Å². The topological polar surface area (TPSA) is 37.8 Å². The lowest BCUT2D eigenvalue weighted by atomic mass is 10.2. The van der Waals surface area contributed by atoms with Crippen LogP contribution in [0, 0.1) is 5.82 Å². The zero-order chi connectivity index (χ0) is 12.3. The molecule has 0 aliphatic heterocycles. The smallest absolute Gasteiger partial charge is 0.149 e. The lowest BCUT2D eigenvalue weighted by Gasteiger charge is -2.00. The highest BCUT2D eigenvalue weighted by molar-refractivity contribution is 9.10. The summed E-state index contributed by atoms with van der Waals surface area (Å²) in [6.45, 7) is 3.62. The third kappa shape index (κ3) is 2.88. The second kappa shape index (κ2) is 5.66. The van der Waals surface area contributed by atoms with Gasteiger partial charge in [0.2, 0.25) is 0 Å². The number of hydrogen-bond acceptors (Lipinski definition) is 4. The summed E-state index contributed by atoms with van der Waals surface area (Å²) in [5.41, 5.74) is 0.741. The van der Waals surface area contributed by atoms with E-state index in [2.05, 4.69) is 31.4 Å². The Hall–Kier alpha value is -0.850. The molecule has 0 unspecified atom stereocenters. The third-order valence-corrected chi connectivity index (χ3v) is 3.94. The molecule has 1 heterocycles. The van der Waals surface area contributed by atoms with Crippen LogP contribution in [0.5, 0.6) is 0 Å². The molecule has 1 N–H and O–H groups in total. The van der Waals surface area contributed by atoms with Gasteiger partial charge >= 0.3 is 0 Å². The van der Waals surface area contributed by atoms with Crippen molar-refractivity contribution in [2.24, 2.45) is 0 Å². The SMILES string of the molecule is CCNCc1nnc(-c2cccc(F)c2Br)s1. The van der Waals surface area contributed by atoms with Crippen molar-refractivity contribution in [1.29, 1.82) is 0 Å². The van der Waals surface area contributed by atoms with Gasteiger partial charge in [0, 0.05) is 12.1 Å². The Bertz CT molecular complexity index is 515. The predicted molar refractivity (Wildman–Crippen MR) is 70.4 cm³/mol. The Balaban J connectivity index is 2.27. The molecule has 6 heteroatoms. The standard InChI is InChI=1S/C11H11BrFN3S/c1-2-14-6-9-15-16-11(17-9)7-4-3-5-8(13)10(7)12/h3-5,14H,2,6H2,1H3. The van der Waals surface area contributed by atoms with E-state index in [4.69, 9.17) is 0 Å². The summed E-state index contributed by atoms with van der Waals surface area (Å²) in [6.07, 6.45) is 0. The minimum atomic E-state index is -0.286. The van der Waals surface area contributed by atoms with Crippen molar-refractivity contribution in [2.75, 3.05) is 6.54 Å². The molecule has 0 aliphatic rings. The van der Waals surface area contributed by atoms with Gasteiger partial charge in [-0.2, -0.15) is 0 Å². The van der Waals surface area contributed by atoms with Crippen molar-refractivity contribution in [1.82, 2.24) is 15.5 Å². The molecule has 0 bridgehead atoms. The molecule has 17 heavy (non-hydrogen) atoms. The summed E-state index contributed by atoms with van der Waals surface area (Å²) in [6, 6.07) is 4.90. The number of aromatic nitrogens is 2. The Labute approximate surface area is 111 Å². The summed E-state index contributed by atoms with van der Waals surface area (Å²) in [5.74, 6) is -0.286. The Morgan fingerprint density at radius 2 is 2.24 bits per heavy atom. The van der Waals surface area contributed by atoms with Gasteiger partial charge in [-0.25, -0.2) is 4.39 Å². The largest absolute Gasteiger partial charge is 0.311 e. The van der Waals surface area contributed by atoms with Gasteiger partial charge in [0.05, 0.1) is 4.47 Å². The Kier molecular flexibility index (Phi) is 4.20. The highest BCUT2D eigenvalue weighted by Crippen LogP contribution is 2.32. The first-order chi connectivity index (χ1) is 8.22. The van der Waals surface area contributed by atoms with Crippen LogP contribution in [0.2, 0.25) is 0 Å². The van der Waals surface area contributed by atoms with Crippen molar-refractivity contribution >= 4 is 27.3 Å². The van der Waals surface area contributed by atoms with Gasteiger partial charge in [0.25, 0.3) is 0 Å². The number of hydrogen-bond donors (Lipinski definition) is 1. The molecular formula is C11H11BrFN3S. The zero-order valence-corrected chi connectivity index (χ0v) is 11.6. The van der Waals surface area contributed by atoms with E-state index in [1.165, 1.54) is 17.4 Å². The molecule has 0 radical (unpaired) electrons. The molecule has 0 fully saturated rings. The summed E-state index contributed by atoms with van der Waals surface area (Å²) < 4.78 is 13.8. The van der Waals surface area contributed by atoms with Gasteiger partial charge in [0.1, 0.15) is 15.8 Å². The van der Waals surface area contributed by atoms with Crippen LogP contribution in [-0.4, -0.2) is 16.7 Å². The van der Waals surface area contributed by atoms with Crippen LogP contribution >= 0.6 is 27.3 Å². The molecule has 0 aliphatic carbocycles. The van der Waals surface area contributed by atoms with E-state index in [1.807, 2.05) is 13.0 Å². The molecular weight excluding hydrogens is 305 g/mol. The van der Waals surface area contributed by atoms with E-state index in [0.717, 1.165) is 22.1 Å². The van der Waals surface area contributed by atoms with Crippen LogP contribution in [-0.2, 0) is 6.54 Å². The lowest BCUT2D eigenvalue weighted by molar-refractivity contribution is 0.621. The summed E-state index contributed by atoms with van der Waals surface area (Å²) in [5, 5.41) is 12.9. The molecule has 1 aromatic heterocycles. The Morgan fingerprint density at radius 1 is 1.41 bits per heavy atom. The fourth-order valence-electron chi connectivity index (χ4n) is 1.33. The second-order valence-electron chi connectivity index (χ2n) is 3.38. The van der Waals surface area contributed by atoms with E-state index >= 15 is 0 Å². The maximum absolute atomic E-state index is 13.4. The van der Waals surface area contributed by atoms with Crippen LogP contribution in [0.1, 0.15) is 11.9 Å². The molecule has 0 spiro atoms. The van der Waals surface area contributed by atoms with Crippen LogP contribution in [0.15, 0.2) is 22.7 Å². The Morgan fingerprint density at radius 3 is 3.00 bits per heavy atom. The molecule has 0 atom stereocenters. The summed E-state index contributed by atoms with van der Waals surface area (Å²) in [7, 11) is 0. The van der Waals surface area contributed by atoms with E-state index in [-0.39, 0.29) is 5.82 Å². The average molecular weight is 316 g/mol. The molecule has 2 rings (SSSR count). The molecule has 0 amide bonds. The van der Waals surface area contributed by atoms with Gasteiger partial charge in [0.15, 0.2) is 0 Å². The van der Waals surface area contributed by atoms with Gasteiger partial charge < -0.3 is 5.32 Å². The van der Waals surface area contributed by atoms with E-state index in [9.17, 15) is 4.39 Å². The monoisotopic (exact) mass is 315 g/mol. The molecule has 1 aromatic carbocycles. The molecule has 2 aromatic rings. The quantitative estimate of drug-likeness (QED) is 0.941. The van der Waals surface area contributed by atoms with Crippen LogP contribution in [0.4, 0.5) is 4.39 Å². The molecule has 0 saturated heterocycles. The third-order valence-electron chi connectivity index (χ3n) is 2.18. The molecule has 90 valence electrons. The van der Waals surface area contributed by atoms with Crippen molar-refractivity contribution in [3.8, 4) is 10.6 Å². The number of halogens is 2. The number of nitrogens with zero attached hydrogens (tertiary/aromatic N) is 2. The first-order valence-electron chi connectivity index (χ1n) is 5.20. The number of benzene rings is 1. The van der Waals surface area contributed by atoms with Gasteiger partial charge in [-0.05, 0) is 28.5 Å². The number of nitrogens with one attached hydrogen (secondary N) is 1. The maximum atomic E-state index is 13.4. The lowest BCUT2D eigenvalue weighted by Crippen LogP contribution is -2.11. The highest BCUT2D eigenvalue weighted by atomic mass is 79.9. The second-order valence-corrected chi connectivity index (χ2v) is 5.24. The predicted octanol–water partition coefficient (Wildman–Crippen LogP) is 3.22. The number of rotatable bonds is 4. The van der Waals surface area contributed by atoms with Crippen LogP contribution in [0.25, 0.3) is 10.6 Å². The first kappa shape index (κ1) is 12.6. The normalized spacial score (nSPS) is 10.8. The summed E-state index contributed by atoms with van der Waals surface area (Å²) >= 11 is 4.69. The zero-order valence-electron chi connectivity index (χ0n) is 9.20. The minimum Gasteiger partial charge on any atom is -0.311 e. The fourth-order valence-corrected chi connectivity index (χ4v) is 2.76. The van der Waals surface area contributed by atoms with Crippen LogP contribution in [0.3, 0.4) is 0 Å².